The molecule has 23 heavy (non-hydrogen) atoms. The van der Waals surface area contributed by atoms with E-state index in [1.165, 1.54) is 0 Å². The molecule has 1 aliphatic heterocycles. The highest BCUT2D eigenvalue weighted by Gasteiger charge is 2.50. The average Bonchev–Trinajstić information content (AvgIpc) is 2.72. The van der Waals surface area contributed by atoms with E-state index in [0.717, 1.165) is 30.0 Å². The van der Waals surface area contributed by atoms with Gasteiger partial charge in [0.2, 0.25) is 5.91 Å². The number of hydrogen-bond acceptors (Lipinski definition) is 5. The topological polar surface area (TPSA) is 71.0 Å². The number of aromatic nitrogens is 3. The van der Waals surface area contributed by atoms with Gasteiger partial charge >= 0.3 is 0 Å². The van der Waals surface area contributed by atoms with Gasteiger partial charge in [-0.05, 0) is 44.9 Å². The van der Waals surface area contributed by atoms with Crippen molar-refractivity contribution < 1.29 is 4.79 Å². The number of nitrogens with one attached hydrogen (secondary N) is 1. The van der Waals surface area contributed by atoms with Crippen LogP contribution in [0.15, 0.2) is 36.7 Å². The molecule has 0 radical (unpaired) electrons. The Kier molecular flexibility index (Phi) is 3.07. The lowest BCUT2D eigenvalue weighted by molar-refractivity contribution is -0.122. The molecule has 2 aliphatic rings. The highest BCUT2D eigenvalue weighted by atomic mass is 16.2. The van der Waals surface area contributed by atoms with Crippen molar-refractivity contribution in [2.24, 2.45) is 0 Å². The fourth-order valence-corrected chi connectivity index (χ4v) is 3.43. The number of rotatable bonds is 3. The molecule has 0 unspecified atom stereocenters. The standard InChI is InChI=1S/C17H19N5O/c1-17(2)13-5-3-7-18-15(13)22(16(17)23)12-9-11(10-12)20-14-6-4-8-19-21-14/h3-8,11-12H,9-10H2,1-2H3,(H,20,21)/t11-,12-. The molecule has 4 rings (SSSR count). The number of fused-ring (bicyclic) bond motifs is 1. The van der Waals surface area contributed by atoms with Crippen LogP contribution in [0.4, 0.5) is 11.6 Å². The van der Waals surface area contributed by atoms with Crippen LogP contribution in [0.3, 0.4) is 0 Å². The molecule has 0 spiro atoms. The second kappa shape index (κ2) is 5.01. The van der Waals surface area contributed by atoms with Gasteiger partial charge in [-0.1, -0.05) is 6.07 Å². The maximum absolute atomic E-state index is 12.8. The van der Waals surface area contributed by atoms with Crippen molar-refractivity contribution in [2.75, 3.05) is 10.2 Å². The molecule has 1 fully saturated rings. The third-order valence-corrected chi connectivity index (χ3v) is 4.84. The number of hydrogen-bond donors (Lipinski definition) is 1. The van der Waals surface area contributed by atoms with Crippen molar-refractivity contribution >= 4 is 17.5 Å². The molecule has 1 saturated carbocycles. The SMILES string of the molecule is CC1(C)C(=O)N([C@H]2C[C@H](Nc3cccnn3)C2)c2ncccc21. The average molecular weight is 309 g/mol. The molecule has 6 heteroatoms. The van der Waals surface area contributed by atoms with Crippen LogP contribution in [0.5, 0.6) is 0 Å². The Hall–Kier alpha value is -2.50. The van der Waals surface area contributed by atoms with E-state index in [9.17, 15) is 4.79 Å². The Balaban J connectivity index is 1.50. The lowest BCUT2D eigenvalue weighted by atomic mass is 9.84. The predicted molar refractivity (Wildman–Crippen MR) is 87.2 cm³/mol. The van der Waals surface area contributed by atoms with E-state index >= 15 is 0 Å². The molecular weight excluding hydrogens is 290 g/mol. The highest BCUT2D eigenvalue weighted by molar-refractivity contribution is 6.07. The van der Waals surface area contributed by atoms with Gasteiger partial charge in [0.25, 0.3) is 0 Å². The normalized spacial score (nSPS) is 25.0. The number of anilines is 2. The maximum atomic E-state index is 12.8. The van der Waals surface area contributed by atoms with E-state index in [4.69, 9.17) is 0 Å². The second-order valence-corrected chi connectivity index (χ2v) is 6.75. The number of amides is 1. The van der Waals surface area contributed by atoms with Crippen molar-refractivity contribution in [2.45, 2.75) is 44.2 Å². The van der Waals surface area contributed by atoms with Gasteiger partial charge in [-0.2, -0.15) is 5.10 Å². The number of carbonyl (C=O) groups is 1. The van der Waals surface area contributed by atoms with Crippen LogP contribution in [0.1, 0.15) is 32.3 Å². The third kappa shape index (κ3) is 2.17. The third-order valence-electron chi connectivity index (χ3n) is 4.84. The second-order valence-electron chi connectivity index (χ2n) is 6.75. The summed E-state index contributed by atoms with van der Waals surface area (Å²) < 4.78 is 0. The minimum absolute atomic E-state index is 0.147. The predicted octanol–water partition coefficient (Wildman–Crippen LogP) is 2.14. The largest absolute Gasteiger partial charge is 0.366 e. The first-order valence-electron chi connectivity index (χ1n) is 7.91. The van der Waals surface area contributed by atoms with Crippen molar-refractivity contribution in [3.8, 4) is 0 Å². The quantitative estimate of drug-likeness (QED) is 0.940. The molecule has 0 saturated heterocycles. The Morgan fingerprint density at radius 3 is 2.74 bits per heavy atom. The number of nitrogens with zero attached hydrogens (tertiary/aromatic N) is 4. The smallest absolute Gasteiger partial charge is 0.238 e. The lowest BCUT2D eigenvalue weighted by Crippen LogP contribution is -2.53. The van der Waals surface area contributed by atoms with Crippen molar-refractivity contribution in [3.63, 3.8) is 0 Å². The summed E-state index contributed by atoms with van der Waals surface area (Å²) in [6.45, 7) is 3.95. The van der Waals surface area contributed by atoms with Crippen LogP contribution in [0.2, 0.25) is 0 Å². The van der Waals surface area contributed by atoms with Gasteiger partial charge in [-0.3, -0.25) is 9.69 Å². The van der Waals surface area contributed by atoms with Crippen molar-refractivity contribution in [1.29, 1.82) is 0 Å². The van der Waals surface area contributed by atoms with Gasteiger partial charge in [0, 0.05) is 30.0 Å². The van der Waals surface area contributed by atoms with E-state index in [1.54, 1.807) is 12.4 Å². The summed E-state index contributed by atoms with van der Waals surface area (Å²) in [6.07, 6.45) is 5.21. The highest BCUT2D eigenvalue weighted by Crippen LogP contribution is 2.44. The van der Waals surface area contributed by atoms with E-state index in [0.29, 0.717) is 6.04 Å². The van der Waals surface area contributed by atoms with E-state index in [2.05, 4.69) is 20.5 Å². The zero-order chi connectivity index (χ0) is 16.0. The van der Waals surface area contributed by atoms with Crippen LogP contribution in [0, 0.1) is 0 Å². The van der Waals surface area contributed by atoms with E-state index in [1.807, 2.05) is 43.0 Å². The molecule has 1 aliphatic carbocycles. The first-order chi connectivity index (χ1) is 11.1. The van der Waals surface area contributed by atoms with Gasteiger partial charge in [0.1, 0.15) is 11.6 Å². The summed E-state index contributed by atoms with van der Waals surface area (Å²) in [7, 11) is 0. The van der Waals surface area contributed by atoms with Crippen molar-refractivity contribution in [3.05, 3.63) is 42.2 Å². The molecule has 0 atom stereocenters. The zero-order valence-electron chi connectivity index (χ0n) is 13.2. The van der Waals surface area contributed by atoms with Crippen LogP contribution < -0.4 is 10.2 Å². The van der Waals surface area contributed by atoms with Gasteiger partial charge in [0.05, 0.1) is 5.41 Å². The molecule has 118 valence electrons. The molecule has 1 amide bonds. The summed E-state index contributed by atoms with van der Waals surface area (Å²) >= 11 is 0. The van der Waals surface area contributed by atoms with Gasteiger partial charge < -0.3 is 5.32 Å². The van der Waals surface area contributed by atoms with Crippen LogP contribution >= 0.6 is 0 Å². The summed E-state index contributed by atoms with van der Waals surface area (Å²) in [6, 6.07) is 8.19. The number of carbonyl (C=O) groups excluding carboxylic acids is 1. The van der Waals surface area contributed by atoms with E-state index in [-0.39, 0.29) is 11.9 Å². The molecule has 0 aromatic carbocycles. The Bertz CT molecular complexity index is 740. The first-order valence-corrected chi connectivity index (χ1v) is 7.91. The van der Waals surface area contributed by atoms with Crippen LogP contribution in [-0.2, 0) is 10.2 Å². The Labute approximate surface area is 134 Å². The molecule has 6 nitrogen and oxygen atoms in total. The first kappa shape index (κ1) is 14.1. The molecule has 0 bridgehead atoms. The monoisotopic (exact) mass is 309 g/mol. The summed E-state index contributed by atoms with van der Waals surface area (Å²) in [5.74, 6) is 1.75. The molecule has 2 aromatic rings. The Morgan fingerprint density at radius 2 is 2.00 bits per heavy atom. The Morgan fingerprint density at radius 1 is 1.22 bits per heavy atom. The molecular formula is C17H19N5O. The summed E-state index contributed by atoms with van der Waals surface area (Å²) in [5.41, 5.74) is 0.530. The minimum atomic E-state index is -0.493. The fourth-order valence-electron chi connectivity index (χ4n) is 3.43. The summed E-state index contributed by atoms with van der Waals surface area (Å²) in [5, 5.41) is 11.3. The van der Waals surface area contributed by atoms with Crippen LogP contribution in [-0.4, -0.2) is 33.2 Å². The summed E-state index contributed by atoms with van der Waals surface area (Å²) in [4.78, 5) is 19.2. The molecule has 1 N–H and O–H groups in total. The van der Waals surface area contributed by atoms with Gasteiger partial charge in [0.15, 0.2) is 0 Å². The van der Waals surface area contributed by atoms with Gasteiger partial charge in [-0.25, -0.2) is 4.98 Å². The van der Waals surface area contributed by atoms with Crippen molar-refractivity contribution in [1.82, 2.24) is 15.2 Å². The number of pyridine rings is 1. The van der Waals surface area contributed by atoms with Gasteiger partial charge in [-0.15, -0.1) is 5.10 Å². The molecule has 2 aromatic heterocycles. The zero-order valence-corrected chi connectivity index (χ0v) is 13.2. The fraction of sp³-hybridized carbons (Fsp3) is 0.412. The lowest BCUT2D eigenvalue weighted by Gasteiger charge is -2.41. The minimum Gasteiger partial charge on any atom is -0.366 e. The molecule has 3 heterocycles. The maximum Gasteiger partial charge on any atom is 0.238 e. The van der Waals surface area contributed by atoms with E-state index < -0.39 is 5.41 Å². The van der Waals surface area contributed by atoms with Crippen LogP contribution in [0.25, 0.3) is 0 Å².